The molecule has 0 N–H and O–H groups in total. The molecule has 27 valence electrons. The molecule has 6 heavy (non-hydrogen) atoms. The second-order valence-corrected chi connectivity index (χ2v) is 0.224. The summed E-state index contributed by atoms with van der Waals surface area (Å²) >= 11 is 0. The Morgan fingerprint density at radius 3 is 1.17 bits per heavy atom. The van der Waals surface area contributed by atoms with Gasteiger partial charge < -0.3 is 0 Å². The van der Waals surface area contributed by atoms with Crippen LogP contribution in [0.1, 0.15) is 0 Å². The van der Waals surface area contributed by atoms with Gasteiger partial charge in [-0.15, -0.1) is 0 Å². The molecule has 0 saturated carbocycles. The second-order valence-electron chi connectivity index (χ2n) is 0.224. The summed E-state index contributed by atoms with van der Waals surface area (Å²) in [7, 11) is 0. The van der Waals surface area contributed by atoms with E-state index in [9.17, 15) is 0 Å². The fourth-order valence-electron chi connectivity index (χ4n) is 0. The Hall–Kier alpha value is 0.966. The van der Waals surface area contributed by atoms with Gasteiger partial charge in [0.1, 0.15) is 0 Å². The average Bonchev–Trinajstić information content (AvgIpc) is 1.37. The molecule has 0 spiro atoms. The zero-order valence-electron chi connectivity index (χ0n) is 3.39. The van der Waals surface area contributed by atoms with E-state index in [1.54, 1.807) is 0 Å². The molecule has 0 rings (SSSR count). The summed E-state index contributed by atoms with van der Waals surface area (Å²) in [5.41, 5.74) is 0. The first-order chi connectivity index (χ1) is 1.91. The SMILES string of the molecule is N#CC#N.S.[K]. The van der Waals surface area contributed by atoms with Gasteiger partial charge in [-0.05, 0) is 0 Å². The average molecular weight is 125 g/mol. The van der Waals surface area contributed by atoms with Gasteiger partial charge in [0.2, 0.25) is 0 Å². The molecule has 0 aromatic carbocycles. The quantitative estimate of drug-likeness (QED) is 0.420. The van der Waals surface area contributed by atoms with E-state index >= 15 is 0 Å². The summed E-state index contributed by atoms with van der Waals surface area (Å²) in [6.45, 7) is 0. The van der Waals surface area contributed by atoms with Crippen LogP contribution >= 0.6 is 13.5 Å². The summed E-state index contributed by atoms with van der Waals surface area (Å²) in [6.07, 6.45) is 0. The monoisotopic (exact) mass is 125 g/mol. The minimum absolute atomic E-state index is 0. The molecular weight excluding hydrogens is 123 g/mol. The van der Waals surface area contributed by atoms with Crippen molar-refractivity contribution >= 4 is 64.9 Å². The third-order valence-corrected chi connectivity index (χ3v) is 0.0500. The van der Waals surface area contributed by atoms with Crippen LogP contribution in [0.25, 0.3) is 0 Å². The van der Waals surface area contributed by atoms with Crippen molar-refractivity contribution in [2.45, 2.75) is 0 Å². The van der Waals surface area contributed by atoms with Crippen LogP contribution in [0.3, 0.4) is 0 Å². The zero-order valence-corrected chi connectivity index (χ0v) is 7.52. The van der Waals surface area contributed by atoms with Crippen LogP contribution in [0, 0.1) is 22.7 Å². The Morgan fingerprint density at radius 2 is 1.17 bits per heavy atom. The molecule has 0 fully saturated rings. The predicted octanol–water partition coefficient (Wildman–Crippen LogP) is -0.234. The Labute approximate surface area is 86.0 Å². The van der Waals surface area contributed by atoms with Crippen LogP contribution in [0.4, 0.5) is 0 Å². The van der Waals surface area contributed by atoms with Crippen LogP contribution in [0.15, 0.2) is 0 Å². The predicted molar refractivity (Wildman–Crippen MR) is 27.4 cm³/mol. The van der Waals surface area contributed by atoms with Crippen molar-refractivity contribution in [2.75, 3.05) is 0 Å². The Morgan fingerprint density at radius 1 is 1.00 bits per heavy atom. The first-order valence-electron chi connectivity index (χ1n) is 0.697. The zero-order chi connectivity index (χ0) is 3.41. The molecule has 2 nitrogen and oxygen atoms in total. The van der Waals surface area contributed by atoms with Crippen LogP contribution in [0.5, 0.6) is 0 Å². The van der Waals surface area contributed by atoms with E-state index in [-0.39, 0.29) is 64.9 Å². The van der Waals surface area contributed by atoms with Crippen molar-refractivity contribution < 1.29 is 0 Å². The topological polar surface area (TPSA) is 47.6 Å². The number of rotatable bonds is 0. The van der Waals surface area contributed by atoms with Gasteiger partial charge >= 0.3 is 0 Å². The number of nitriles is 2. The number of nitrogens with zero attached hydrogens (tertiary/aromatic N) is 2. The molecule has 0 atom stereocenters. The maximum atomic E-state index is 7.26. The molecule has 0 unspecified atom stereocenters. The maximum Gasteiger partial charge on any atom is 0.181 e. The molecule has 0 amide bonds. The third kappa shape index (κ3) is 20.2. The molecule has 4 heteroatoms. The first kappa shape index (κ1) is 15.8. The van der Waals surface area contributed by atoms with E-state index in [1.807, 2.05) is 0 Å². The van der Waals surface area contributed by atoms with Crippen LogP contribution in [0.2, 0.25) is 0 Å². The maximum absolute atomic E-state index is 7.26. The van der Waals surface area contributed by atoms with Gasteiger partial charge in [0, 0.05) is 51.4 Å². The molecule has 0 aromatic rings. The summed E-state index contributed by atoms with van der Waals surface area (Å²) in [6, 6.07) is 2.47. The molecular formula is C2H2KN2S. The van der Waals surface area contributed by atoms with Crippen molar-refractivity contribution in [3.05, 3.63) is 0 Å². The van der Waals surface area contributed by atoms with Gasteiger partial charge in [-0.3, -0.25) is 0 Å². The van der Waals surface area contributed by atoms with E-state index in [0.717, 1.165) is 0 Å². The first-order valence-corrected chi connectivity index (χ1v) is 0.697. The molecule has 1 radical (unpaired) electrons. The van der Waals surface area contributed by atoms with Gasteiger partial charge in [0.15, 0.2) is 12.1 Å². The van der Waals surface area contributed by atoms with Gasteiger partial charge in [-0.1, -0.05) is 0 Å². The Bertz CT molecular complexity index is 66.5. The molecule has 0 aliphatic rings. The van der Waals surface area contributed by atoms with Crippen molar-refractivity contribution in [3.8, 4) is 12.1 Å². The smallest absolute Gasteiger partial charge is 0.181 e. The molecule has 0 aliphatic carbocycles. The summed E-state index contributed by atoms with van der Waals surface area (Å²) in [5, 5.41) is 14.5. The molecule has 0 bridgehead atoms. The molecule has 0 heterocycles. The van der Waals surface area contributed by atoms with E-state index in [2.05, 4.69) is 0 Å². The third-order valence-electron chi connectivity index (χ3n) is 0.0500. The summed E-state index contributed by atoms with van der Waals surface area (Å²) in [5.74, 6) is 0. The minimum Gasteiger partial charge on any atom is -0.197 e. The summed E-state index contributed by atoms with van der Waals surface area (Å²) in [4.78, 5) is 0. The van der Waals surface area contributed by atoms with Crippen LogP contribution in [-0.2, 0) is 0 Å². The normalized spacial score (nSPS) is 1.67. The van der Waals surface area contributed by atoms with Gasteiger partial charge in [-0.2, -0.15) is 24.0 Å². The fraction of sp³-hybridized carbons (Fsp3) is 0. The number of hydrogen-bond acceptors (Lipinski definition) is 2. The molecule has 0 aromatic heterocycles. The summed E-state index contributed by atoms with van der Waals surface area (Å²) < 4.78 is 0. The minimum atomic E-state index is 0. The van der Waals surface area contributed by atoms with Crippen LogP contribution < -0.4 is 0 Å². The largest absolute Gasteiger partial charge is 0.197 e. The van der Waals surface area contributed by atoms with Crippen molar-refractivity contribution in [2.24, 2.45) is 0 Å². The van der Waals surface area contributed by atoms with Gasteiger partial charge in [0.05, 0.1) is 0 Å². The molecule has 0 saturated heterocycles. The van der Waals surface area contributed by atoms with E-state index in [1.165, 1.54) is 12.1 Å². The Kier molecular flexibility index (Phi) is 43.9. The fourth-order valence-corrected chi connectivity index (χ4v) is 0. The number of hydrogen-bond donors (Lipinski definition) is 0. The van der Waals surface area contributed by atoms with Crippen LogP contribution in [-0.4, -0.2) is 51.4 Å². The standard InChI is InChI=1S/C2N2.K.H2S/c3-1-2-4;;/h;;1H2. The van der Waals surface area contributed by atoms with Crippen molar-refractivity contribution in [1.29, 1.82) is 10.5 Å². The van der Waals surface area contributed by atoms with Crippen molar-refractivity contribution in [1.82, 2.24) is 0 Å². The molecule has 0 aliphatic heterocycles. The van der Waals surface area contributed by atoms with E-state index < -0.39 is 0 Å². The van der Waals surface area contributed by atoms with E-state index in [4.69, 9.17) is 10.5 Å². The Balaban J connectivity index is -0.0000000450. The second kappa shape index (κ2) is 16.7. The van der Waals surface area contributed by atoms with E-state index in [0.29, 0.717) is 0 Å². The van der Waals surface area contributed by atoms with Gasteiger partial charge in [-0.25, -0.2) is 0 Å². The van der Waals surface area contributed by atoms with Crippen molar-refractivity contribution in [3.63, 3.8) is 0 Å². The van der Waals surface area contributed by atoms with Gasteiger partial charge in [0.25, 0.3) is 0 Å².